The molecule has 1 aliphatic heterocycles. The summed E-state index contributed by atoms with van der Waals surface area (Å²) < 4.78 is 0. The summed E-state index contributed by atoms with van der Waals surface area (Å²) in [6.07, 6.45) is 5.97. The van der Waals surface area contributed by atoms with Crippen molar-refractivity contribution in [1.82, 2.24) is 5.01 Å². The highest BCUT2D eigenvalue weighted by Gasteiger charge is 1.88. The highest BCUT2D eigenvalue weighted by atomic mass is 15.4. The SMILES string of the molecule is NN1C=NC=[C]C1. The van der Waals surface area contributed by atoms with Gasteiger partial charge in [0.05, 0.1) is 6.54 Å². The smallest absolute Gasteiger partial charge is 0.105 e. The van der Waals surface area contributed by atoms with Crippen molar-refractivity contribution in [2.45, 2.75) is 0 Å². The fourth-order valence-electron chi connectivity index (χ4n) is 0.359. The molecule has 1 rings (SSSR count). The lowest BCUT2D eigenvalue weighted by atomic mass is 10.5. The molecule has 0 unspecified atom stereocenters. The van der Waals surface area contributed by atoms with Crippen molar-refractivity contribution in [3.05, 3.63) is 12.3 Å². The van der Waals surface area contributed by atoms with Crippen LogP contribution in [0.5, 0.6) is 0 Å². The van der Waals surface area contributed by atoms with Gasteiger partial charge in [0.2, 0.25) is 0 Å². The van der Waals surface area contributed by atoms with Crippen molar-refractivity contribution in [3.8, 4) is 0 Å². The second kappa shape index (κ2) is 1.75. The van der Waals surface area contributed by atoms with Crippen molar-refractivity contribution in [1.29, 1.82) is 0 Å². The zero-order valence-electron chi connectivity index (χ0n) is 3.83. The van der Waals surface area contributed by atoms with Crippen molar-refractivity contribution < 1.29 is 0 Å². The van der Waals surface area contributed by atoms with E-state index in [2.05, 4.69) is 11.1 Å². The molecule has 0 saturated carbocycles. The highest BCUT2D eigenvalue weighted by molar-refractivity contribution is 5.55. The predicted octanol–water partition coefficient (Wildman–Crippen LogP) is -0.479. The van der Waals surface area contributed by atoms with Crippen LogP contribution in [0, 0.1) is 6.08 Å². The molecule has 7 heavy (non-hydrogen) atoms. The van der Waals surface area contributed by atoms with E-state index in [1.54, 1.807) is 12.5 Å². The Labute approximate surface area is 42.1 Å². The third kappa shape index (κ3) is 1.01. The summed E-state index contributed by atoms with van der Waals surface area (Å²) in [6.45, 7) is 0.642. The molecule has 0 aromatic rings. The normalized spacial score (nSPS) is 18.1. The minimum absolute atomic E-state index is 0.642. The summed E-state index contributed by atoms with van der Waals surface area (Å²) in [7, 11) is 0. The van der Waals surface area contributed by atoms with Gasteiger partial charge in [0.1, 0.15) is 6.34 Å². The average molecular weight is 96.1 g/mol. The second-order valence-electron chi connectivity index (χ2n) is 1.27. The molecule has 0 bridgehead atoms. The number of hydrogen-bond acceptors (Lipinski definition) is 3. The molecule has 2 N–H and O–H groups in total. The van der Waals surface area contributed by atoms with E-state index in [1.165, 1.54) is 5.01 Å². The minimum Gasteiger partial charge on any atom is -0.296 e. The first-order chi connectivity index (χ1) is 3.39. The molecule has 0 atom stereocenters. The topological polar surface area (TPSA) is 41.6 Å². The summed E-state index contributed by atoms with van der Waals surface area (Å²) in [5.41, 5.74) is 0. The standard InChI is InChI=1S/C4H6N3/c5-7-3-1-2-6-4-7/h2,4H,3,5H2. The molecule has 0 aromatic heterocycles. The van der Waals surface area contributed by atoms with Gasteiger partial charge in [0, 0.05) is 6.20 Å². The first kappa shape index (κ1) is 4.33. The molecule has 1 aliphatic rings. The average Bonchev–Trinajstić information content (AvgIpc) is 1.69. The Kier molecular flexibility index (Phi) is 1.08. The largest absolute Gasteiger partial charge is 0.296 e. The summed E-state index contributed by atoms with van der Waals surface area (Å²) >= 11 is 0. The summed E-state index contributed by atoms with van der Waals surface area (Å²) in [6, 6.07) is 0. The molecule has 0 saturated heterocycles. The summed E-state index contributed by atoms with van der Waals surface area (Å²) in [4.78, 5) is 3.70. The van der Waals surface area contributed by atoms with Gasteiger partial charge in [-0.15, -0.1) is 0 Å². The number of aliphatic imine (C=N–C) groups is 1. The first-order valence-corrected chi connectivity index (χ1v) is 1.99. The minimum atomic E-state index is 0.642. The number of rotatable bonds is 0. The van der Waals surface area contributed by atoms with E-state index in [1.807, 2.05) is 0 Å². The van der Waals surface area contributed by atoms with E-state index in [-0.39, 0.29) is 0 Å². The van der Waals surface area contributed by atoms with Gasteiger partial charge in [0.15, 0.2) is 0 Å². The van der Waals surface area contributed by atoms with E-state index >= 15 is 0 Å². The Morgan fingerprint density at radius 2 is 2.71 bits per heavy atom. The first-order valence-electron chi connectivity index (χ1n) is 1.99. The van der Waals surface area contributed by atoms with Crippen LogP contribution < -0.4 is 5.84 Å². The Morgan fingerprint density at radius 1 is 1.86 bits per heavy atom. The molecule has 0 spiro atoms. The van der Waals surface area contributed by atoms with Gasteiger partial charge in [-0.3, -0.25) is 5.01 Å². The molecule has 0 aliphatic carbocycles. The molecule has 1 heterocycles. The lowest BCUT2D eigenvalue weighted by molar-refractivity contribution is 0.492. The molecular formula is C4H6N3. The van der Waals surface area contributed by atoms with Crippen LogP contribution in [0.1, 0.15) is 0 Å². The van der Waals surface area contributed by atoms with Gasteiger partial charge in [0.25, 0.3) is 0 Å². The van der Waals surface area contributed by atoms with Crippen LogP contribution in [-0.4, -0.2) is 17.9 Å². The lowest BCUT2D eigenvalue weighted by Gasteiger charge is -2.09. The number of hydrazine groups is 1. The van der Waals surface area contributed by atoms with Gasteiger partial charge in [-0.1, -0.05) is 0 Å². The Balaban J connectivity index is 2.49. The van der Waals surface area contributed by atoms with Crippen LogP contribution in [0.25, 0.3) is 0 Å². The van der Waals surface area contributed by atoms with E-state index in [4.69, 9.17) is 5.84 Å². The zero-order valence-corrected chi connectivity index (χ0v) is 3.83. The van der Waals surface area contributed by atoms with E-state index < -0.39 is 0 Å². The third-order valence-electron chi connectivity index (χ3n) is 0.655. The number of hydrogen-bond donors (Lipinski definition) is 1. The van der Waals surface area contributed by atoms with Crippen LogP contribution in [0.15, 0.2) is 11.2 Å². The maximum Gasteiger partial charge on any atom is 0.105 e. The fourth-order valence-corrected chi connectivity index (χ4v) is 0.359. The molecule has 37 valence electrons. The molecule has 3 heteroatoms. The van der Waals surface area contributed by atoms with Gasteiger partial charge in [-0.2, -0.15) is 0 Å². The van der Waals surface area contributed by atoms with Crippen LogP contribution in [0.2, 0.25) is 0 Å². The quantitative estimate of drug-likeness (QED) is 0.414. The Bertz CT molecular complexity index is 106. The number of nitrogens with two attached hydrogens (primary N) is 1. The molecule has 3 nitrogen and oxygen atoms in total. The van der Waals surface area contributed by atoms with Gasteiger partial charge in [-0.05, 0) is 6.08 Å². The van der Waals surface area contributed by atoms with Gasteiger partial charge in [-0.25, -0.2) is 10.8 Å². The highest BCUT2D eigenvalue weighted by Crippen LogP contribution is 1.82. The lowest BCUT2D eigenvalue weighted by Crippen LogP contribution is -2.30. The van der Waals surface area contributed by atoms with E-state index in [0.717, 1.165) is 0 Å². The number of nitrogens with zero attached hydrogens (tertiary/aromatic N) is 2. The molecule has 0 fully saturated rings. The van der Waals surface area contributed by atoms with E-state index in [0.29, 0.717) is 6.54 Å². The van der Waals surface area contributed by atoms with E-state index in [9.17, 15) is 0 Å². The monoisotopic (exact) mass is 96.1 g/mol. The van der Waals surface area contributed by atoms with Crippen LogP contribution in [0.3, 0.4) is 0 Å². The molecule has 0 aromatic carbocycles. The fraction of sp³-hybridized carbons (Fsp3) is 0.250. The summed E-state index contributed by atoms with van der Waals surface area (Å²) in [5.74, 6) is 5.24. The Hall–Kier alpha value is -0.830. The Morgan fingerprint density at radius 3 is 3.00 bits per heavy atom. The van der Waals surface area contributed by atoms with Crippen molar-refractivity contribution in [3.63, 3.8) is 0 Å². The van der Waals surface area contributed by atoms with Crippen molar-refractivity contribution in [2.24, 2.45) is 10.8 Å². The van der Waals surface area contributed by atoms with Gasteiger partial charge >= 0.3 is 0 Å². The van der Waals surface area contributed by atoms with Crippen LogP contribution in [-0.2, 0) is 0 Å². The van der Waals surface area contributed by atoms with Gasteiger partial charge < -0.3 is 0 Å². The summed E-state index contributed by atoms with van der Waals surface area (Å²) in [5, 5.41) is 1.46. The van der Waals surface area contributed by atoms with Crippen LogP contribution in [0.4, 0.5) is 0 Å². The molecule has 1 radical (unpaired) electrons. The molecule has 0 amide bonds. The predicted molar refractivity (Wildman–Crippen MR) is 27.2 cm³/mol. The second-order valence-corrected chi connectivity index (χ2v) is 1.27. The molecular weight excluding hydrogens is 90.1 g/mol. The maximum absolute atomic E-state index is 5.24. The third-order valence-corrected chi connectivity index (χ3v) is 0.655. The van der Waals surface area contributed by atoms with Crippen LogP contribution >= 0.6 is 0 Å². The van der Waals surface area contributed by atoms with Crippen molar-refractivity contribution in [2.75, 3.05) is 6.54 Å². The maximum atomic E-state index is 5.24. The zero-order chi connectivity index (χ0) is 5.11. The van der Waals surface area contributed by atoms with Crippen molar-refractivity contribution >= 4 is 6.34 Å².